The number of nitrogens with two attached hydrogens (primary N) is 1. The van der Waals surface area contributed by atoms with Crippen molar-refractivity contribution in [2.45, 2.75) is 17.2 Å². The Labute approximate surface area is 109 Å². The van der Waals surface area contributed by atoms with E-state index in [0.717, 1.165) is 11.3 Å². The number of thiazole rings is 1. The average molecular weight is 293 g/mol. The fourth-order valence-electron chi connectivity index (χ4n) is 1.85. The number of aromatic nitrogens is 1. The van der Waals surface area contributed by atoms with E-state index in [0.29, 0.717) is 12.3 Å². The van der Waals surface area contributed by atoms with E-state index >= 15 is 0 Å². The minimum absolute atomic E-state index is 0.139. The van der Waals surface area contributed by atoms with Crippen molar-refractivity contribution in [2.24, 2.45) is 0 Å². The zero-order chi connectivity index (χ0) is 13.3. The van der Waals surface area contributed by atoms with Crippen molar-refractivity contribution in [1.82, 2.24) is 9.29 Å². The summed E-state index contributed by atoms with van der Waals surface area (Å²) in [7, 11) is -3.66. The fourth-order valence-corrected chi connectivity index (χ4v) is 4.85. The molecule has 1 aliphatic rings. The van der Waals surface area contributed by atoms with Crippen LogP contribution in [-0.4, -0.2) is 55.2 Å². The third-order valence-electron chi connectivity index (χ3n) is 2.70. The zero-order valence-corrected chi connectivity index (χ0v) is 11.5. The van der Waals surface area contributed by atoms with E-state index in [9.17, 15) is 13.5 Å². The zero-order valence-electron chi connectivity index (χ0n) is 9.87. The molecule has 1 saturated heterocycles. The number of aliphatic hydroxyl groups is 1. The van der Waals surface area contributed by atoms with Crippen molar-refractivity contribution in [1.29, 1.82) is 0 Å². The molecule has 1 aliphatic heterocycles. The molecule has 1 fully saturated rings. The van der Waals surface area contributed by atoms with Crippen LogP contribution in [0.3, 0.4) is 0 Å². The maximum Gasteiger partial charge on any atom is 0.255 e. The second kappa shape index (κ2) is 5.10. The molecule has 0 amide bonds. The summed E-state index contributed by atoms with van der Waals surface area (Å²) in [5, 5.41) is 9.45. The maximum atomic E-state index is 12.5. The number of aliphatic hydroxyl groups excluding tert-OH is 1. The van der Waals surface area contributed by atoms with Gasteiger partial charge in [0.15, 0.2) is 9.34 Å². The summed E-state index contributed by atoms with van der Waals surface area (Å²) in [6.07, 6.45) is 0. The lowest BCUT2D eigenvalue weighted by atomic mass is 10.3. The molecule has 102 valence electrons. The number of ether oxygens (including phenoxy) is 1. The standard InChI is InChI=1S/C9H15N3O4S2/c1-6-8(17-9(10)11-6)18(14,15)12-2-3-16-5-7(12)4-13/h7,13H,2-5H2,1H3,(H2,10,11). The molecule has 2 heterocycles. The Morgan fingerprint density at radius 3 is 2.94 bits per heavy atom. The molecule has 2 rings (SSSR count). The molecule has 0 aliphatic carbocycles. The molecular formula is C9H15N3O4S2. The predicted octanol–water partition coefficient (Wildman–Crippen LogP) is -0.584. The Balaban J connectivity index is 2.38. The Kier molecular flexibility index (Phi) is 3.87. The Morgan fingerprint density at radius 1 is 1.67 bits per heavy atom. The SMILES string of the molecule is Cc1nc(N)sc1S(=O)(=O)N1CCOCC1CO. The van der Waals surface area contributed by atoms with Crippen molar-refractivity contribution < 1.29 is 18.3 Å². The van der Waals surface area contributed by atoms with Crippen molar-refractivity contribution in [3.63, 3.8) is 0 Å². The molecule has 1 unspecified atom stereocenters. The summed E-state index contributed by atoms with van der Waals surface area (Å²) in [5.74, 6) is 0. The van der Waals surface area contributed by atoms with Gasteiger partial charge in [0.05, 0.1) is 31.6 Å². The molecule has 1 atom stereocenters. The first-order valence-corrected chi connectivity index (χ1v) is 7.66. The molecule has 3 N–H and O–H groups in total. The van der Waals surface area contributed by atoms with E-state index < -0.39 is 16.1 Å². The normalized spacial score (nSPS) is 22.2. The number of anilines is 1. The number of aryl methyl sites for hydroxylation is 1. The number of sulfonamides is 1. The molecule has 1 aromatic rings. The quantitative estimate of drug-likeness (QED) is 0.772. The van der Waals surface area contributed by atoms with Crippen LogP contribution < -0.4 is 5.73 Å². The molecule has 0 radical (unpaired) electrons. The van der Waals surface area contributed by atoms with E-state index in [4.69, 9.17) is 10.5 Å². The second-order valence-corrected chi connectivity index (χ2v) is 7.07. The van der Waals surface area contributed by atoms with E-state index in [2.05, 4.69) is 4.98 Å². The smallest absolute Gasteiger partial charge is 0.255 e. The van der Waals surface area contributed by atoms with Crippen LogP contribution in [0.4, 0.5) is 5.13 Å². The van der Waals surface area contributed by atoms with Gasteiger partial charge in [0.1, 0.15) is 0 Å². The third kappa shape index (κ3) is 2.36. The number of rotatable bonds is 3. The van der Waals surface area contributed by atoms with Gasteiger partial charge in [-0.3, -0.25) is 0 Å². The number of hydrogen-bond acceptors (Lipinski definition) is 7. The number of nitrogens with zero attached hydrogens (tertiary/aromatic N) is 2. The predicted molar refractivity (Wildman–Crippen MR) is 66.8 cm³/mol. The van der Waals surface area contributed by atoms with Gasteiger partial charge in [-0.25, -0.2) is 13.4 Å². The summed E-state index contributed by atoms with van der Waals surface area (Å²) in [4.78, 5) is 3.92. The lowest BCUT2D eigenvalue weighted by Gasteiger charge is -2.32. The average Bonchev–Trinajstić information content (AvgIpc) is 2.69. The van der Waals surface area contributed by atoms with Crippen molar-refractivity contribution in [3.05, 3.63) is 5.69 Å². The van der Waals surface area contributed by atoms with Gasteiger partial charge in [-0.2, -0.15) is 4.31 Å². The lowest BCUT2D eigenvalue weighted by molar-refractivity contribution is 0.0110. The molecule has 9 heteroatoms. The monoisotopic (exact) mass is 293 g/mol. The minimum atomic E-state index is -3.66. The molecule has 18 heavy (non-hydrogen) atoms. The van der Waals surface area contributed by atoms with Crippen LogP contribution in [-0.2, 0) is 14.8 Å². The van der Waals surface area contributed by atoms with Gasteiger partial charge in [-0.15, -0.1) is 0 Å². The fraction of sp³-hybridized carbons (Fsp3) is 0.667. The summed E-state index contributed by atoms with van der Waals surface area (Å²) in [6, 6.07) is -0.550. The van der Waals surface area contributed by atoms with Gasteiger partial charge >= 0.3 is 0 Å². The third-order valence-corrected chi connectivity index (χ3v) is 6.22. The lowest BCUT2D eigenvalue weighted by Crippen LogP contribution is -2.50. The first-order chi connectivity index (χ1) is 8.46. The van der Waals surface area contributed by atoms with Crippen molar-refractivity contribution in [3.8, 4) is 0 Å². The summed E-state index contributed by atoms with van der Waals surface area (Å²) < 4.78 is 31.5. The van der Waals surface area contributed by atoms with Crippen molar-refractivity contribution >= 4 is 26.5 Å². The van der Waals surface area contributed by atoms with Crippen LogP contribution in [0.5, 0.6) is 0 Å². The highest BCUT2D eigenvalue weighted by Crippen LogP contribution is 2.29. The number of hydrogen-bond donors (Lipinski definition) is 2. The summed E-state index contributed by atoms with van der Waals surface area (Å²) in [5.41, 5.74) is 5.91. The highest BCUT2D eigenvalue weighted by atomic mass is 32.2. The first kappa shape index (κ1) is 13.7. The maximum absolute atomic E-state index is 12.5. The van der Waals surface area contributed by atoms with Crippen LogP contribution in [0.25, 0.3) is 0 Å². The van der Waals surface area contributed by atoms with Crippen molar-refractivity contribution in [2.75, 3.05) is 32.1 Å². The molecule has 0 bridgehead atoms. The topological polar surface area (TPSA) is 106 Å². The van der Waals surface area contributed by atoms with E-state index in [1.165, 1.54) is 4.31 Å². The van der Waals surface area contributed by atoms with Crippen LogP contribution in [0.2, 0.25) is 0 Å². The van der Waals surface area contributed by atoms with Crippen LogP contribution in [0.15, 0.2) is 4.21 Å². The Morgan fingerprint density at radius 2 is 2.39 bits per heavy atom. The molecule has 0 saturated carbocycles. The Hall–Kier alpha value is -0.740. The summed E-state index contributed by atoms with van der Waals surface area (Å²) >= 11 is 0.942. The highest BCUT2D eigenvalue weighted by Gasteiger charge is 2.36. The minimum Gasteiger partial charge on any atom is -0.395 e. The van der Waals surface area contributed by atoms with Crippen LogP contribution >= 0.6 is 11.3 Å². The molecule has 7 nitrogen and oxygen atoms in total. The molecule has 0 aromatic carbocycles. The van der Waals surface area contributed by atoms with Crippen LogP contribution in [0.1, 0.15) is 5.69 Å². The van der Waals surface area contributed by atoms with Crippen LogP contribution in [0, 0.1) is 6.92 Å². The van der Waals surface area contributed by atoms with Gasteiger partial charge in [0.2, 0.25) is 0 Å². The highest BCUT2D eigenvalue weighted by molar-refractivity contribution is 7.91. The van der Waals surface area contributed by atoms with Gasteiger partial charge in [-0.05, 0) is 6.92 Å². The van der Waals surface area contributed by atoms with Gasteiger partial charge in [-0.1, -0.05) is 11.3 Å². The summed E-state index contributed by atoms with van der Waals surface area (Å²) in [6.45, 7) is 2.08. The van der Waals surface area contributed by atoms with E-state index in [-0.39, 0.29) is 29.1 Å². The number of nitrogen functional groups attached to an aromatic ring is 1. The second-order valence-electron chi connectivity index (χ2n) is 3.95. The van der Waals surface area contributed by atoms with Gasteiger partial charge < -0.3 is 15.6 Å². The molecule has 1 aromatic heterocycles. The van der Waals surface area contributed by atoms with E-state index in [1.54, 1.807) is 6.92 Å². The largest absolute Gasteiger partial charge is 0.395 e. The first-order valence-electron chi connectivity index (χ1n) is 5.40. The van der Waals surface area contributed by atoms with Gasteiger partial charge in [0, 0.05) is 6.54 Å². The molecule has 0 spiro atoms. The Bertz CT molecular complexity index is 528. The van der Waals surface area contributed by atoms with Gasteiger partial charge in [0.25, 0.3) is 10.0 Å². The number of morpholine rings is 1. The molecular weight excluding hydrogens is 278 g/mol. The van der Waals surface area contributed by atoms with E-state index in [1.807, 2.05) is 0 Å².